The average Bonchev–Trinajstić information content (AvgIpc) is 3.16. The molecule has 4 rings (SSSR count). The number of benzene rings is 1. The van der Waals surface area contributed by atoms with Gasteiger partial charge in [-0.3, -0.25) is 14.7 Å². The van der Waals surface area contributed by atoms with Crippen LogP contribution in [0.25, 0.3) is 10.2 Å². The van der Waals surface area contributed by atoms with E-state index in [0.29, 0.717) is 18.1 Å². The van der Waals surface area contributed by atoms with Crippen molar-refractivity contribution in [1.29, 1.82) is 0 Å². The molecule has 0 atom stereocenters. The second-order valence-electron chi connectivity index (χ2n) is 6.61. The maximum atomic E-state index is 13.2. The number of hydrogen-bond acceptors (Lipinski definition) is 5. The fourth-order valence-electron chi connectivity index (χ4n) is 3.14. The number of hydrogen-bond donors (Lipinski definition) is 0. The van der Waals surface area contributed by atoms with Gasteiger partial charge in [-0.05, 0) is 48.2 Å². The lowest BCUT2D eigenvalue weighted by atomic mass is 10.0. The number of aromatic nitrogens is 2. The van der Waals surface area contributed by atoms with Gasteiger partial charge < -0.3 is 4.74 Å². The van der Waals surface area contributed by atoms with Crippen LogP contribution in [0, 0.1) is 0 Å². The van der Waals surface area contributed by atoms with Crippen molar-refractivity contribution < 1.29 is 9.53 Å². The third-order valence-electron chi connectivity index (χ3n) is 4.61. The zero-order chi connectivity index (χ0) is 19.3. The Morgan fingerprint density at radius 3 is 2.96 bits per heavy atom. The fraction of sp³-hybridized carbons (Fsp3) is 0.227. The second kappa shape index (κ2) is 8.35. The summed E-state index contributed by atoms with van der Waals surface area (Å²) in [7, 11) is 1.65. The van der Waals surface area contributed by atoms with Crippen LogP contribution in [0.1, 0.15) is 24.8 Å². The SMILES string of the molecule is COc1ccc2nc(N(Cc3cccnc3)C(=O)CC3=CCCC=C3)sc2c1. The molecule has 2 aromatic heterocycles. The predicted octanol–water partition coefficient (Wildman–Crippen LogP) is 4.90. The Labute approximate surface area is 168 Å². The number of rotatable bonds is 6. The molecule has 1 aliphatic rings. The largest absolute Gasteiger partial charge is 0.497 e. The van der Waals surface area contributed by atoms with Gasteiger partial charge in [-0.25, -0.2) is 4.98 Å². The molecule has 0 saturated carbocycles. The molecule has 1 aromatic carbocycles. The van der Waals surface area contributed by atoms with Gasteiger partial charge in [-0.1, -0.05) is 35.6 Å². The number of pyridine rings is 1. The summed E-state index contributed by atoms with van der Waals surface area (Å²) >= 11 is 1.50. The summed E-state index contributed by atoms with van der Waals surface area (Å²) in [6.07, 6.45) is 12.2. The van der Waals surface area contributed by atoms with E-state index in [1.165, 1.54) is 11.3 Å². The fourth-order valence-corrected chi connectivity index (χ4v) is 4.15. The zero-order valence-electron chi connectivity index (χ0n) is 15.7. The Balaban J connectivity index is 1.66. The van der Waals surface area contributed by atoms with E-state index in [1.807, 2.05) is 36.4 Å². The standard InChI is InChI=1S/C22H21N3O2S/c1-27-18-9-10-19-20(13-18)28-22(24-19)25(15-17-8-5-11-23-14-17)21(26)12-16-6-3-2-4-7-16/h3,5-11,13-14H,2,4,12,15H2,1H3. The highest BCUT2D eigenvalue weighted by atomic mass is 32.1. The topological polar surface area (TPSA) is 55.3 Å². The van der Waals surface area contributed by atoms with Crippen molar-refractivity contribution in [2.24, 2.45) is 0 Å². The number of ether oxygens (including phenoxy) is 1. The maximum absolute atomic E-state index is 13.2. The Hall–Kier alpha value is -2.99. The molecular formula is C22H21N3O2S. The van der Waals surface area contributed by atoms with E-state index in [4.69, 9.17) is 9.72 Å². The van der Waals surface area contributed by atoms with Crippen molar-refractivity contribution >= 4 is 32.6 Å². The van der Waals surface area contributed by atoms with Crippen LogP contribution < -0.4 is 9.64 Å². The molecule has 0 radical (unpaired) electrons. The lowest BCUT2D eigenvalue weighted by molar-refractivity contribution is -0.118. The minimum absolute atomic E-state index is 0.0349. The van der Waals surface area contributed by atoms with E-state index in [0.717, 1.165) is 39.9 Å². The van der Waals surface area contributed by atoms with Gasteiger partial charge >= 0.3 is 0 Å². The highest BCUT2D eigenvalue weighted by Crippen LogP contribution is 2.33. The van der Waals surface area contributed by atoms with Gasteiger partial charge in [0.1, 0.15) is 5.75 Å². The normalized spacial score (nSPS) is 13.4. The van der Waals surface area contributed by atoms with Crippen molar-refractivity contribution in [3.63, 3.8) is 0 Å². The van der Waals surface area contributed by atoms with Crippen LogP contribution in [0.5, 0.6) is 5.75 Å². The first-order chi connectivity index (χ1) is 13.7. The highest BCUT2D eigenvalue weighted by Gasteiger charge is 2.21. The van der Waals surface area contributed by atoms with Crippen LogP contribution in [0.3, 0.4) is 0 Å². The van der Waals surface area contributed by atoms with Crippen LogP contribution in [-0.2, 0) is 11.3 Å². The summed E-state index contributed by atoms with van der Waals surface area (Å²) < 4.78 is 6.31. The molecular weight excluding hydrogens is 370 g/mol. The van der Waals surface area contributed by atoms with Crippen LogP contribution in [0.2, 0.25) is 0 Å². The smallest absolute Gasteiger partial charge is 0.233 e. The number of fused-ring (bicyclic) bond motifs is 1. The minimum Gasteiger partial charge on any atom is -0.497 e. The van der Waals surface area contributed by atoms with E-state index < -0.39 is 0 Å². The number of thiazole rings is 1. The van der Waals surface area contributed by atoms with E-state index in [1.54, 1.807) is 24.4 Å². The summed E-state index contributed by atoms with van der Waals surface area (Å²) in [5.74, 6) is 0.818. The summed E-state index contributed by atoms with van der Waals surface area (Å²) in [4.78, 5) is 23.8. The van der Waals surface area contributed by atoms with Crippen LogP contribution in [0.4, 0.5) is 5.13 Å². The van der Waals surface area contributed by atoms with E-state index in [2.05, 4.69) is 17.1 Å². The minimum atomic E-state index is 0.0349. The first-order valence-corrected chi connectivity index (χ1v) is 10.0. The van der Waals surface area contributed by atoms with Gasteiger partial charge in [0, 0.05) is 12.4 Å². The number of methoxy groups -OCH3 is 1. The number of nitrogens with zero attached hydrogens (tertiary/aromatic N) is 3. The summed E-state index contributed by atoms with van der Waals surface area (Å²) in [5.41, 5.74) is 2.90. The Morgan fingerprint density at radius 2 is 2.21 bits per heavy atom. The van der Waals surface area contributed by atoms with Crippen LogP contribution >= 0.6 is 11.3 Å². The third kappa shape index (κ3) is 4.12. The molecule has 0 aliphatic heterocycles. The Kier molecular flexibility index (Phi) is 5.48. The molecule has 0 bridgehead atoms. The van der Waals surface area contributed by atoms with Gasteiger partial charge in [0.15, 0.2) is 5.13 Å². The van der Waals surface area contributed by atoms with Gasteiger partial charge in [0.2, 0.25) is 5.91 Å². The summed E-state index contributed by atoms with van der Waals surface area (Å²) in [6, 6.07) is 9.62. The van der Waals surface area contributed by atoms with Gasteiger partial charge in [-0.15, -0.1) is 0 Å². The van der Waals surface area contributed by atoms with Crippen molar-refractivity contribution in [2.75, 3.05) is 12.0 Å². The molecule has 0 unspecified atom stereocenters. The van der Waals surface area contributed by atoms with Crippen LogP contribution in [0.15, 0.2) is 66.5 Å². The lowest BCUT2D eigenvalue weighted by Gasteiger charge is -2.20. The van der Waals surface area contributed by atoms with Crippen molar-refractivity contribution in [3.8, 4) is 5.75 Å². The molecule has 2 heterocycles. The monoisotopic (exact) mass is 391 g/mol. The number of anilines is 1. The molecule has 0 saturated heterocycles. The molecule has 1 aliphatic carbocycles. The highest BCUT2D eigenvalue weighted by molar-refractivity contribution is 7.22. The first-order valence-electron chi connectivity index (χ1n) is 9.22. The zero-order valence-corrected chi connectivity index (χ0v) is 16.5. The molecule has 0 spiro atoms. The molecule has 6 heteroatoms. The van der Waals surface area contributed by atoms with E-state index in [-0.39, 0.29) is 5.91 Å². The summed E-state index contributed by atoms with van der Waals surface area (Å²) in [5, 5.41) is 0.692. The van der Waals surface area contributed by atoms with Gasteiger partial charge in [0.05, 0.1) is 30.3 Å². The molecule has 28 heavy (non-hydrogen) atoms. The van der Waals surface area contributed by atoms with Crippen molar-refractivity contribution in [2.45, 2.75) is 25.8 Å². The van der Waals surface area contributed by atoms with Gasteiger partial charge in [-0.2, -0.15) is 0 Å². The molecule has 5 nitrogen and oxygen atoms in total. The number of amides is 1. The molecule has 0 N–H and O–H groups in total. The van der Waals surface area contributed by atoms with E-state index in [9.17, 15) is 4.79 Å². The quantitative estimate of drug-likeness (QED) is 0.600. The van der Waals surface area contributed by atoms with E-state index >= 15 is 0 Å². The van der Waals surface area contributed by atoms with Crippen LogP contribution in [-0.4, -0.2) is 23.0 Å². The first kappa shape index (κ1) is 18.4. The molecule has 0 fully saturated rings. The number of allylic oxidation sites excluding steroid dienone is 3. The average molecular weight is 391 g/mol. The Morgan fingerprint density at radius 1 is 1.29 bits per heavy atom. The molecule has 3 aromatic rings. The van der Waals surface area contributed by atoms with Gasteiger partial charge in [0.25, 0.3) is 0 Å². The van der Waals surface area contributed by atoms with Crippen molar-refractivity contribution in [1.82, 2.24) is 9.97 Å². The maximum Gasteiger partial charge on any atom is 0.233 e. The predicted molar refractivity (Wildman–Crippen MR) is 113 cm³/mol. The third-order valence-corrected chi connectivity index (χ3v) is 5.65. The van der Waals surface area contributed by atoms with Crippen molar-refractivity contribution in [3.05, 3.63) is 72.1 Å². The summed E-state index contributed by atoms with van der Waals surface area (Å²) in [6.45, 7) is 0.445. The lowest BCUT2D eigenvalue weighted by Crippen LogP contribution is -2.30. The Bertz CT molecular complexity index is 1040. The molecule has 142 valence electrons. The second-order valence-corrected chi connectivity index (χ2v) is 7.62. The number of carbonyl (C=O) groups excluding carboxylic acids is 1. The molecule has 1 amide bonds. The number of carbonyl (C=O) groups is 1.